The van der Waals surface area contributed by atoms with Gasteiger partial charge >= 0.3 is 5.97 Å². The van der Waals surface area contributed by atoms with Gasteiger partial charge in [0.05, 0.1) is 19.6 Å². The molecule has 6 rings (SSSR count). The molecule has 4 fully saturated rings. The van der Waals surface area contributed by atoms with Gasteiger partial charge in [-0.1, -0.05) is 30.3 Å². The molecule has 4 heteroatoms. The Morgan fingerprint density at radius 1 is 1.03 bits per heavy atom. The van der Waals surface area contributed by atoms with E-state index in [2.05, 4.69) is 6.92 Å². The zero-order valence-corrected chi connectivity index (χ0v) is 19.1. The van der Waals surface area contributed by atoms with Crippen LogP contribution in [-0.2, 0) is 11.2 Å². The minimum atomic E-state index is -0.300. The van der Waals surface area contributed by atoms with E-state index in [1.54, 1.807) is 13.2 Å². The SMILES string of the molecule is COc1cc(C=NC(C)C23CC4CC(CC(C4)C2)C3)ccc1OC(=O)Cc1ccccc1. The number of nitrogens with zero attached hydrogens (tertiary/aromatic N) is 1. The topological polar surface area (TPSA) is 47.9 Å². The third kappa shape index (κ3) is 4.32. The van der Waals surface area contributed by atoms with E-state index in [4.69, 9.17) is 14.5 Å². The number of hydrogen-bond donors (Lipinski definition) is 0. The minimum Gasteiger partial charge on any atom is -0.493 e. The van der Waals surface area contributed by atoms with Crippen molar-refractivity contribution in [1.29, 1.82) is 0 Å². The molecule has 0 N–H and O–H groups in total. The highest BCUT2D eigenvalue weighted by Crippen LogP contribution is 2.61. The Morgan fingerprint density at radius 2 is 1.69 bits per heavy atom. The number of ether oxygens (including phenoxy) is 2. The number of esters is 1. The molecule has 0 aromatic heterocycles. The van der Waals surface area contributed by atoms with Crippen LogP contribution in [0.2, 0.25) is 0 Å². The van der Waals surface area contributed by atoms with E-state index < -0.39 is 0 Å². The maximum absolute atomic E-state index is 12.4. The molecular formula is C28H33NO3. The second kappa shape index (κ2) is 8.73. The van der Waals surface area contributed by atoms with Crippen LogP contribution in [0, 0.1) is 23.2 Å². The number of methoxy groups -OCH3 is 1. The molecule has 4 bridgehead atoms. The van der Waals surface area contributed by atoms with Crippen LogP contribution in [0.25, 0.3) is 0 Å². The van der Waals surface area contributed by atoms with Crippen molar-refractivity contribution in [2.45, 2.75) is 57.9 Å². The second-order valence-corrected chi connectivity index (χ2v) is 10.3. The zero-order chi connectivity index (χ0) is 22.1. The van der Waals surface area contributed by atoms with Crippen molar-refractivity contribution < 1.29 is 14.3 Å². The zero-order valence-electron chi connectivity index (χ0n) is 19.1. The molecule has 0 radical (unpaired) electrons. The van der Waals surface area contributed by atoms with Crippen LogP contribution in [0.3, 0.4) is 0 Å². The predicted molar refractivity (Wildman–Crippen MR) is 126 cm³/mol. The van der Waals surface area contributed by atoms with Gasteiger partial charge in [0.2, 0.25) is 0 Å². The highest BCUT2D eigenvalue weighted by molar-refractivity contribution is 5.82. The van der Waals surface area contributed by atoms with E-state index >= 15 is 0 Å². The average Bonchev–Trinajstić information content (AvgIpc) is 2.78. The van der Waals surface area contributed by atoms with Gasteiger partial charge in [-0.05, 0) is 97.9 Å². The van der Waals surface area contributed by atoms with Crippen LogP contribution in [0.15, 0.2) is 53.5 Å². The molecule has 1 unspecified atom stereocenters. The molecular weight excluding hydrogens is 398 g/mol. The van der Waals surface area contributed by atoms with E-state index in [9.17, 15) is 4.79 Å². The largest absolute Gasteiger partial charge is 0.493 e. The fourth-order valence-electron chi connectivity index (χ4n) is 6.82. The number of aliphatic imine (C=N–C) groups is 1. The third-order valence-electron chi connectivity index (χ3n) is 8.02. The van der Waals surface area contributed by atoms with Gasteiger partial charge in [0, 0.05) is 6.21 Å². The fourth-order valence-corrected chi connectivity index (χ4v) is 6.82. The van der Waals surface area contributed by atoms with Gasteiger partial charge in [0.25, 0.3) is 0 Å². The smallest absolute Gasteiger partial charge is 0.315 e. The number of carbonyl (C=O) groups excluding carboxylic acids is 1. The highest BCUT2D eigenvalue weighted by Gasteiger charge is 2.53. The normalized spacial score (nSPS) is 29.2. The van der Waals surface area contributed by atoms with E-state index in [1.165, 1.54) is 38.5 Å². The second-order valence-electron chi connectivity index (χ2n) is 10.3. The summed E-state index contributed by atoms with van der Waals surface area (Å²) in [7, 11) is 1.60. The van der Waals surface area contributed by atoms with Crippen LogP contribution in [0.5, 0.6) is 11.5 Å². The van der Waals surface area contributed by atoms with Crippen LogP contribution >= 0.6 is 0 Å². The molecule has 32 heavy (non-hydrogen) atoms. The van der Waals surface area contributed by atoms with Crippen LogP contribution in [-0.4, -0.2) is 25.3 Å². The van der Waals surface area contributed by atoms with E-state index in [0.29, 0.717) is 23.0 Å². The number of benzene rings is 2. The summed E-state index contributed by atoms with van der Waals surface area (Å²) >= 11 is 0. The number of carbonyl (C=O) groups is 1. The van der Waals surface area contributed by atoms with Gasteiger partial charge in [0.15, 0.2) is 11.5 Å². The van der Waals surface area contributed by atoms with Crippen LogP contribution in [0.1, 0.15) is 56.6 Å². The van der Waals surface area contributed by atoms with Gasteiger partial charge in [-0.15, -0.1) is 0 Å². The summed E-state index contributed by atoms with van der Waals surface area (Å²) in [5, 5.41) is 0. The van der Waals surface area contributed by atoms with Gasteiger partial charge in [-0.25, -0.2) is 0 Å². The van der Waals surface area contributed by atoms with Crippen molar-refractivity contribution >= 4 is 12.2 Å². The molecule has 0 heterocycles. The molecule has 2 aromatic carbocycles. The monoisotopic (exact) mass is 431 g/mol. The van der Waals surface area contributed by atoms with Crippen molar-refractivity contribution in [1.82, 2.24) is 0 Å². The lowest BCUT2D eigenvalue weighted by Gasteiger charge is -2.58. The van der Waals surface area contributed by atoms with Crippen LogP contribution < -0.4 is 9.47 Å². The van der Waals surface area contributed by atoms with Gasteiger partial charge in [-0.2, -0.15) is 0 Å². The molecule has 4 aliphatic carbocycles. The molecule has 1 atom stereocenters. The van der Waals surface area contributed by atoms with E-state index in [-0.39, 0.29) is 12.4 Å². The Bertz CT molecular complexity index is 962. The van der Waals surface area contributed by atoms with Gasteiger partial charge in [-0.3, -0.25) is 9.79 Å². The Morgan fingerprint density at radius 3 is 2.31 bits per heavy atom. The standard InChI is InChI=1S/C28H33NO3/c1-19(28-15-22-10-23(16-28)12-24(11-22)17-28)29-18-21-8-9-25(26(13-21)31-2)32-27(30)14-20-6-4-3-5-7-20/h3-9,13,18-19,22-24H,10-12,14-17H2,1-2H3. The van der Waals surface area contributed by atoms with Crippen molar-refractivity contribution in [3.63, 3.8) is 0 Å². The predicted octanol–water partition coefficient (Wildman–Crippen LogP) is 5.87. The third-order valence-corrected chi connectivity index (χ3v) is 8.02. The molecule has 0 amide bonds. The molecule has 0 saturated heterocycles. The Kier molecular flexibility index (Phi) is 5.79. The quantitative estimate of drug-likeness (QED) is 0.313. The molecule has 4 saturated carbocycles. The summed E-state index contributed by atoms with van der Waals surface area (Å²) in [5.74, 6) is 3.50. The first-order valence-electron chi connectivity index (χ1n) is 12.0. The van der Waals surface area contributed by atoms with Crippen molar-refractivity contribution in [3.05, 3.63) is 59.7 Å². The summed E-state index contributed by atoms with van der Waals surface area (Å²) in [6.07, 6.45) is 10.6. The summed E-state index contributed by atoms with van der Waals surface area (Å²) < 4.78 is 11.1. The van der Waals surface area contributed by atoms with Gasteiger partial charge < -0.3 is 9.47 Å². The first-order valence-corrected chi connectivity index (χ1v) is 12.0. The average molecular weight is 432 g/mol. The molecule has 0 spiro atoms. The lowest BCUT2D eigenvalue weighted by molar-refractivity contribution is -0.133. The van der Waals surface area contributed by atoms with E-state index in [1.807, 2.05) is 48.7 Å². The highest BCUT2D eigenvalue weighted by atomic mass is 16.6. The molecule has 4 aliphatic rings. The Hall–Kier alpha value is -2.62. The molecule has 168 valence electrons. The summed E-state index contributed by atoms with van der Waals surface area (Å²) in [5.41, 5.74) is 2.31. The maximum Gasteiger partial charge on any atom is 0.315 e. The Balaban J connectivity index is 1.25. The molecule has 4 nitrogen and oxygen atoms in total. The van der Waals surface area contributed by atoms with Gasteiger partial charge in [0.1, 0.15) is 0 Å². The molecule has 0 aliphatic heterocycles. The summed E-state index contributed by atoms with van der Waals surface area (Å²) in [4.78, 5) is 17.4. The Labute approximate surface area is 191 Å². The fraction of sp³-hybridized carbons (Fsp3) is 0.500. The van der Waals surface area contributed by atoms with Crippen molar-refractivity contribution in [2.75, 3.05) is 7.11 Å². The number of hydrogen-bond acceptors (Lipinski definition) is 4. The summed E-state index contributed by atoms with van der Waals surface area (Å²) in [6.45, 7) is 2.31. The number of rotatable bonds is 7. The summed E-state index contributed by atoms with van der Waals surface area (Å²) in [6, 6.07) is 15.6. The minimum absolute atomic E-state index is 0.232. The van der Waals surface area contributed by atoms with Crippen molar-refractivity contribution in [2.24, 2.45) is 28.2 Å². The van der Waals surface area contributed by atoms with Crippen LogP contribution in [0.4, 0.5) is 0 Å². The lowest BCUT2D eigenvalue weighted by atomic mass is 9.48. The van der Waals surface area contributed by atoms with E-state index in [0.717, 1.165) is 28.9 Å². The first-order chi connectivity index (χ1) is 15.5. The lowest BCUT2D eigenvalue weighted by Crippen LogP contribution is -2.50. The first kappa shape index (κ1) is 21.2. The van der Waals surface area contributed by atoms with Crippen molar-refractivity contribution in [3.8, 4) is 11.5 Å². The maximum atomic E-state index is 12.4. The molecule has 2 aromatic rings.